The minimum absolute atomic E-state index is 0.699. The van der Waals surface area contributed by atoms with E-state index in [1.807, 2.05) is 24.3 Å². The van der Waals surface area contributed by atoms with Crippen LogP contribution in [-0.2, 0) is 32.9 Å². The van der Waals surface area contributed by atoms with E-state index in [4.69, 9.17) is 9.97 Å². The molecule has 0 bridgehead atoms. The van der Waals surface area contributed by atoms with E-state index in [0.29, 0.717) is 5.56 Å². The third kappa shape index (κ3) is 4.20. The van der Waals surface area contributed by atoms with Gasteiger partial charge in [-0.3, -0.25) is 0 Å². The molecule has 5 nitrogen and oxygen atoms in total. The van der Waals surface area contributed by atoms with Crippen LogP contribution < -0.4 is 0 Å². The van der Waals surface area contributed by atoms with Crippen molar-refractivity contribution in [2.75, 3.05) is 0 Å². The molecule has 190 valence electrons. The summed E-state index contributed by atoms with van der Waals surface area (Å²) in [6, 6.07) is 23.2. The molecule has 0 amide bonds. The summed E-state index contributed by atoms with van der Waals surface area (Å²) in [5.74, 6) is 2.19. The van der Waals surface area contributed by atoms with Gasteiger partial charge in [-0.05, 0) is 79.5 Å². The topological polar surface area (TPSA) is 59.4 Å². The fourth-order valence-corrected chi connectivity index (χ4v) is 5.91. The van der Waals surface area contributed by atoms with Crippen molar-refractivity contribution in [2.45, 2.75) is 58.9 Å². The average molecular weight is 500 g/mol. The van der Waals surface area contributed by atoms with Gasteiger partial charge in [0, 0.05) is 31.3 Å². The van der Waals surface area contributed by atoms with Crippen molar-refractivity contribution < 1.29 is 0 Å². The standard InChI is InChI=1S/C33H33N5/c1-4-9-31-36-32-22(2)18-26(33-35-28-12-7-8-13-29(28)37(33)3)19-30(32)38(31)21-23-14-16-24(17-15-23)27-11-6-5-10-25(27)20-34/h5-6,10-11,14-19H,4,7-9,12-13,21H2,1-3H3. The number of hydrogen-bond acceptors (Lipinski definition) is 3. The summed E-state index contributed by atoms with van der Waals surface area (Å²) >= 11 is 0. The average Bonchev–Trinajstić information content (AvgIpc) is 3.47. The predicted octanol–water partition coefficient (Wildman–Crippen LogP) is 7.16. The predicted molar refractivity (Wildman–Crippen MR) is 153 cm³/mol. The van der Waals surface area contributed by atoms with Crippen LogP contribution >= 0.6 is 0 Å². The van der Waals surface area contributed by atoms with Crippen molar-refractivity contribution in [3.63, 3.8) is 0 Å². The summed E-state index contributed by atoms with van der Waals surface area (Å²) in [4.78, 5) is 10.2. The normalized spacial score (nSPS) is 13.0. The third-order valence-corrected chi connectivity index (χ3v) is 7.88. The number of nitriles is 1. The van der Waals surface area contributed by atoms with Gasteiger partial charge in [0.25, 0.3) is 0 Å². The number of aromatic nitrogens is 4. The fourth-order valence-electron chi connectivity index (χ4n) is 5.91. The molecule has 5 heteroatoms. The molecule has 0 unspecified atom stereocenters. The molecule has 0 aliphatic heterocycles. The van der Waals surface area contributed by atoms with Gasteiger partial charge in [0.15, 0.2) is 0 Å². The lowest BCUT2D eigenvalue weighted by Gasteiger charge is -2.12. The minimum atomic E-state index is 0.699. The zero-order valence-corrected chi connectivity index (χ0v) is 22.5. The van der Waals surface area contributed by atoms with Crippen LogP contribution in [0.2, 0.25) is 0 Å². The Labute approximate surface area is 224 Å². The number of fused-ring (bicyclic) bond motifs is 2. The molecule has 0 fully saturated rings. The Hall–Kier alpha value is -4.17. The molecular weight excluding hydrogens is 466 g/mol. The molecule has 0 N–H and O–H groups in total. The van der Waals surface area contributed by atoms with Crippen molar-refractivity contribution in [1.29, 1.82) is 5.26 Å². The van der Waals surface area contributed by atoms with Crippen LogP contribution in [0.15, 0.2) is 60.7 Å². The van der Waals surface area contributed by atoms with Crippen molar-refractivity contribution >= 4 is 11.0 Å². The zero-order valence-electron chi connectivity index (χ0n) is 22.5. The molecule has 0 spiro atoms. The molecule has 38 heavy (non-hydrogen) atoms. The van der Waals surface area contributed by atoms with Crippen LogP contribution in [0.3, 0.4) is 0 Å². The first-order valence-electron chi connectivity index (χ1n) is 13.7. The Kier molecular flexibility index (Phi) is 6.33. The van der Waals surface area contributed by atoms with Crippen LogP contribution in [0, 0.1) is 18.3 Å². The Morgan fingerprint density at radius 3 is 2.50 bits per heavy atom. The first-order valence-corrected chi connectivity index (χ1v) is 13.7. The summed E-state index contributed by atoms with van der Waals surface area (Å²) < 4.78 is 4.69. The fraction of sp³-hybridized carbons (Fsp3) is 0.303. The summed E-state index contributed by atoms with van der Waals surface area (Å²) in [7, 11) is 2.16. The largest absolute Gasteiger partial charge is 0.331 e. The smallest absolute Gasteiger partial charge is 0.140 e. The SMILES string of the molecule is CCCc1nc2c(C)cc(-c3nc4c(n3C)CCCC4)cc2n1Cc1ccc(-c2ccccc2C#N)cc1. The van der Waals surface area contributed by atoms with Gasteiger partial charge < -0.3 is 9.13 Å². The van der Waals surface area contributed by atoms with Gasteiger partial charge in [-0.2, -0.15) is 5.26 Å². The Morgan fingerprint density at radius 2 is 1.74 bits per heavy atom. The van der Waals surface area contributed by atoms with Gasteiger partial charge in [-0.15, -0.1) is 0 Å². The van der Waals surface area contributed by atoms with E-state index in [0.717, 1.165) is 60.5 Å². The number of hydrogen-bond donors (Lipinski definition) is 0. The molecule has 1 aliphatic carbocycles. The second kappa shape index (κ2) is 9.95. The first kappa shape index (κ1) is 24.2. The molecule has 5 aromatic rings. The summed E-state index contributed by atoms with van der Waals surface area (Å²) in [6.07, 6.45) is 6.66. The highest BCUT2D eigenvalue weighted by molar-refractivity contribution is 5.85. The molecule has 2 heterocycles. The van der Waals surface area contributed by atoms with Crippen LogP contribution in [0.4, 0.5) is 0 Å². The highest BCUT2D eigenvalue weighted by Crippen LogP contribution is 2.32. The molecular formula is C33H33N5. The summed E-state index contributed by atoms with van der Waals surface area (Å²) in [6.45, 7) is 5.14. The van der Waals surface area contributed by atoms with Crippen molar-refractivity contribution in [3.8, 4) is 28.6 Å². The lowest BCUT2D eigenvalue weighted by molar-refractivity contribution is 0.644. The van der Waals surface area contributed by atoms with E-state index in [9.17, 15) is 5.26 Å². The van der Waals surface area contributed by atoms with Crippen LogP contribution in [-0.4, -0.2) is 19.1 Å². The van der Waals surface area contributed by atoms with E-state index in [1.54, 1.807) is 0 Å². The molecule has 2 aromatic heterocycles. The third-order valence-electron chi connectivity index (χ3n) is 7.88. The summed E-state index contributed by atoms with van der Waals surface area (Å²) in [5.41, 5.74) is 11.2. The number of nitrogens with zero attached hydrogens (tertiary/aromatic N) is 5. The molecule has 0 saturated heterocycles. The van der Waals surface area contributed by atoms with E-state index in [1.165, 1.54) is 46.4 Å². The molecule has 0 atom stereocenters. The maximum Gasteiger partial charge on any atom is 0.140 e. The highest BCUT2D eigenvalue weighted by atomic mass is 15.1. The molecule has 6 rings (SSSR count). The summed E-state index contributed by atoms with van der Waals surface area (Å²) in [5, 5.41) is 9.51. The first-order chi connectivity index (χ1) is 18.6. The number of imidazole rings is 2. The van der Waals surface area contributed by atoms with Crippen molar-refractivity contribution in [3.05, 3.63) is 94.6 Å². The number of rotatable bonds is 6. The Balaban J connectivity index is 1.41. The van der Waals surface area contributed by atoms with Gasteiger partial charge in [0.1, 0.15) is 11.6 Å². The highest BCUT2D eigenvalue weighted by Gasteiger charge is 2.21. The Bertz CT molecular complexity index is 1680. The zero-order chi connectivity index (χ0) is 26.2. The maximum absolute atomic E-state index is 9.51. The molecule has 0 saturated carbocycles. The van der Waals surface area contributed by atoms with E-state index in [2.05, 4.69) is 72.5 Å². The van der Waals surface area contributed by atoms with Gasteiger partial charge in [-0.1, -0.05) is 49.4 Å². The van der Waals surface area contributed by atoms with Crippen LogP contribution in [0.1, 0.15) is 60.1 Å². The lowest BCUT2D eigenvalue weighted by Crippen LogP contribution is -2.06. The molecule has 3 aromatic carbocycles. The van der Waals surface area contributed by atoms with Crippen molar-refractivity contribution in [1.82, 2.24) is 19.1 Å². The second-order valence-electron chi connectivity index (χ2n) is 10.5. The van der Waals surface area contributed by atoms with Gasteiger partial charge in [0.2, 0.25) is 0 Å². The van der Waals surface area contributed by atoms with E-state index < -0.39 is 0 Å². The Morgan fingerprint density at radius 1 is 0.947 bits per heavy atom. The molecule has 1 aliphatic rings. The lowest BCUT2D eigenvalue weighted by atomic mass is 9.99. The monoisotopic (exact) mass is 499 g/mol. The van der Waals surface area contributed by atoms with Crippen molar-refractivity contribution in [2.24, 2.45) is 7.05 Å². The number of benzene rings is 3. The van der Waals surface area contributed by atoms with E-state index >= 15 is 0 Å². The van der Waals surface area contributed by atoms with E-state index in [-0.39, 0.29) is 0 Å². The second-order valence-corrected chi connectivity index (χ2v) is 10.5. The van der Waals surface area contributed by atoms with Gasteiger partial charge in [0.05, 0.1) is 28.4 Å². The van der Waals surface area contributed by atoms with Crippen LogP contribution in [0.5, 0.6) is 0 Å². The molecule has 0 radical (unpaired) electrons. The van der Waals surface area contributed by atoms with Crippen LogP contribution in [0.25, 0.3) is 33.5 Å². The van der Waals surface area contributed by atoms with Gasteiger partial charge in [-0.25, -0.2) is 9.97 Å². The van der Waals surface area contributed by atoms with Gasteiger partial charge >= 0.3 is 0 Å². The minimum Gasteiger partial charge on any atom is -0.331 e. The number of aryl methyl sites for hydroxylation is 3. The maximum atomic E-state index is 9.51. The quantitative estimate of drug-likeness (QED) is 0.249.